The largest absolute Gasteiger partial charge is 0.367 e. The van der Waals surface area contributed by atoms with Gasteiger partial charge >= 0.3 is 0 Å². The van der Waals surface area contributed by atoms with Gasteiger partial charge in [0.05, 0.1) is 11.3 Å². The molecule has 0 aliphatic carbocycles. The summed E-state index contributed by atoms with van der Waals surface area (Å²) in [6.45, 7) is 2.80. The standard InChI is InChI=1S/C16H16BrFN4O/c17-11-9-12(18)15(16(19)23)13(10-11)21-5-7-22(8-6-21)14-3-1-2-4-20-14/h1-4,9-10H,5-8H2,(H2,19,23). The number of nitrogens with zero attached hydrogens (tertiary/aromatic N) is 3. The van der Waals surface area contributed by atoms with Crippen LogP contribution < -0.4 is 15.5 Å². The van der Waals surface area contributed by atoms with Crippen molar-refractivity contribution in [3.8, 4) is 0 Å². The van der Waals surface area contributed by atoms with Crippen LogP contribution in [0.5, 0.6) is 0 Å². The smallest absolute Gasteiger partial charge is 0.253 e. The SMILES string of the molecule is NC(=O)c1c(F)cc(Br)cc1N1CCN(c2ccccn2)CC1. The number of aromatic nitrogens is 1. The number of hydrogen-bond donors (Lipinski definition) is 1. The third kappa shape index (κ3) is 3.29. The highest BCUT2D eigenvalue weighted by Gasteiger charge is 2.24. The third-order valence-electron chi connectivity index (χ3n) is 3.87. The van der Waals surface area contributed by atoms with Crippen LogP contribution in [0.1, 0.15) is 10.4 Å². The first kappa shape index (κ1) is 15.7. The molecule has 3 rings (SSSR count). The average Bonchev–Trinajstić information content (AvgIpc) is 2.54. The lowest BCUT2D eigenvalue weighted by molar-refractivity contribution is 0.0997. The molecule has 0 bridgehead atoms. The molecule has 1 saturated heterocycles. The number of halogens is 2. The van der Waals surface area contributed by atoms with E-state index in [0.29, 0.717) is 23.2 Å². The van der Waals surface area contributed by atoms with E-state index in [1.807, 2.05) is 23.1 Å². The Morgan fingerprint density at radius 1 is 1.17 bits per heavy atom. The molecule has 0 unspecified atom stereocenters. The highest BCUT2D eigenvalue weighted by molar-refractivity contribution is 9.10. The van der Waals surface area contributed by atoms with Crippen molar-refractivity contribution < 1.29 is 9.18 Å². The summed E-state index contributed by atoms with van der Waals surface area (Å²) in [5, 5.41) is 0. The van der Waals surface area contributed by atoms with E-state index in [0.717, 1.165) is 18.9 Å². The highest BCUT2D eigenvalue weighted by atomic mass is 79.9. The van der Waals surface area contributed by atoms with Crippen LogP contribution in [0.25, 0.3) is 0 Å². The lowest BCUT2D eigenvalue weighted by atomic mass is 10.1. The first-order chi connectivity index (χ1) is 11.1. The van der Waals surface area contributed by atoms with Crippen molar-refractivity contribution in [3.63, 3.8) is 0 Å². The van der Waals surface area contributed by atoms with E-state index >= 15 is 0 Å². The van der Waals surface area contributed by atoms with E-state index in [1.54, 1.807) is 12.3 Å². The monoisotopic (exact) mass is 378 g/mol. The van der Waals surface area contributed by atoms with E-state index in [2.05, 4.69) is 25.8 Å². The Kier molecular flexibility index (Phi) is 4.47. The minimum Gasteiger partial charge on any atom is -0.367 e. The molecule has 120 valence electrons. The van der Waals surface area contributed by atoms with Gasteiger partial charge in [-0.3, -0.25) is 4.79 Å². The molecule has 1 aliphatic heterocycles. The minimum atomic E-state index is -0.753. The molecule has 0 atom stereocenters. The zero-order chi connectivity index (χ0) is 16.4. The predicted octanol–water partition coefficient (Wildman–Crippen LogP) is 2.41. The van der Waals surface area contributed by atoms with Crippen LogP contribution in [0.2, 0.25) is 0 Å². The number of primary amides is 1. The molecule has 1 amide bonds. The van der Waals surface area contributed by atoms with Gasteiger partial charge < -0.3 is 15.5 Å². The van der Waals surface area contributed by atoms with Crippen molar-refractivity contribution in [2.45, 2.75) is 0 Å². The van der Waals surface area contributed by atoms with Gasteiger partial charge in [0.2, 0.25) is 0 Å². The maximum absolute atomic E-state index is 14.1. The Hall–Kier alpha value is -2.15. The summed E-state index contributed by atoms with van der Waals surface area (Å²) in [7, 11) is 0. The van der Waals surface area contributed by atoms with Gasteiger partial charge in [0.25, 0.3) is 5.91 Å². The van der Waals surface area contributed by atoms with Crippen LogP contribution in [-0.4, -0.2) is 37.1 Å². The fourth-order valence-electron chi connectivity index (χ4n) is 2.77. The average molecular weight is 379 g/mol. The van der Waals surface area contributed by atoms with Gasteiger partial charge in [-0.25, -0.2) is 9.37 Å². The Morgan fingerprint density at radius 2 is 1.87 bits per heavy atom. The Labute approximate surface area is 142 Å². The van der Waals surface area contributed by atoms with Gasteiger partial charge in [-0.1, -0.05) is 22.0 Å². The summed E-state index contributed by atoms with van der Waals surface area (Å²) >= 11 is 3.27. The second kappa shape index (κ2) is 6.54. The fraction of sp³-hybridized carbons (Fsp3) is 0.250. The van der Waals surface area contributed by atoms with E-state index in [1.165, 1.54) is 6.07 Å². The van der Waals surface area contributed by atoms with Crippen molar-refractivity contribution in [1.29, 1.82) is 0 Å². The van der Waals surface area contributed by atoms with E-state index in [-0.39, 0.29) is 5.56 Å². The molecular formula is C16H16BrFN4O. The number of pyridine rings is 1. The van der Waals surface area contributed by atoms with Crippen LogP contribution in [-0.2, 0) is 0 Å². The van der Waals surface area contributed by atoms with E-state index < -0.39 is 11.7 Å². The lowest BCUT2D eigenvalue weighted by Gasteiger charge is -2.37. The van der Waals surface area contributed by atoms with Crippen LogP contribution in [0.15, 0.2) is 41.0 Å². The Bertz CT molecular complexity index is 718. The van der Waals surface area contributed by atoms with Gasteiger partial charge in [-0.15, -0.1) is 0 Å². The lowest BCUT2D eigenvalue weighted by Crippen LogP contribution is -2.47. The Balaban J connectivity index is 1.82. The molecule has 1 aliphatic rings. The number of benzene rings is 1. The van der Waals surface area contributed by atoms with Gasteiger partial charge in [0, 0.05) is 36.8 Å². The maximum Gasteiger partial charge on any atom is 0.253 e. The predicted molar refractivity (Wildman–Crippen MR) is 91.3 cm³/mol. The summed E-state index contributed by atoms with van der Waals surface area (Å²) < 4.78 is 14.7. The fourth-order valence-corrected chi connectivity index (χ4v) is 3.19. The van der Waals surface area contributed by atoms with Crippen LogP contribution in [0.4, 0.5) is 15.9 Å². The van der Waals surface area contributed by atoms with E-state index in [4.69, 9.17) is 5.73 Å². The first-order valence-corrected chi connectivity index (χ1v) is 8.05. The molecule has 2 heterocycles. The zero-order valence-electron chi connectivity index (χ0n) is 12.4. The molecule has 0 radical (unpaired) electrons. The van der Waals surface area contributed by atoms with Crippen LogP contribution in [0.3, 0.4) is 0 Å². The second-order valence-corrected chi connectivity index (χ2v) is 6.22. The van der Waals surface area contributed by atoms with Crippen molar-refractivity contribution in [2.24, 2.45) is 5.73 Å². The molecule has 23 heavy (non-hydrogen) atoms. The molecule has 5 nitrogen and oxygen atoms in total. The van der Waals surface area contributed by atoms with E-state index in [9.17, 15) is 9.18 Å². The van der Waals surface area contributed by atoms with Gasteiger partial charge in [-0.2, -0.15) is 0 Å². The number of rotatable bonds is 3. The number of nitrogens with two attached hydrogens (primary N) is 1. The summed E-state index contributed by atoms with van der Waals surface area (Å²) in [6, 6.07) is 8.78. The topological polar surface area (TPSA) is 62.5 Å². The quantitative estimate of drug-likeness (QED) is 0.890. The number of anilines is 2. The summed E-state index contributed by atoms with van der Waals surface area (Å²) in [5.74, 6) is -0.436. The molecule has 1 fully saturated rings. The van der Waals surface area contributed by atoms with Crippen molar-refractivity contribution in [1.82, 2.24) is 4.98 Å². The highest BCUT2D eigenvalue weighted by Crippen LogP contribution is 2.29. The number of carbonyl (C=O) groups is 1. The molecule has 2 aromatic rings. The first-order valence-electron chi connectivity index (χ1n) is 7.26. The number of amides is 1. The van der Waals surface area contributed by atoms with Crippen molar-refractivity contribution in [3.05, 3.63) is 52.4 Å². The zero-order valence-corrected chi connectivity index (χ0v) is 14.0. The van der Waals surface area contributed by atoms with Crippen LogP contribution >= 0.6 is 15.9 Å². The summed E-state index contributed by atoms with van der Waals surface area (Å²) in [4.78, 5) is 20.1. The molecule has 1 aromatic heterocycles. The molecule has 1 aromatic carbocycles. The minimum absolute atomic E-state index is 0.0560. The number of carbonyl (C=O) groups excluding carboxylic acids is 1. The number of hydrogen-bond acceptors (Lipinski definition) is 4. The Morgan fingerprint density at radius 3 is 2.48 bits per heavy atom. The molecular weight excluding hydrogens is 363 g/mol. The van der Waals surface area contributed by atoms with Gasteiger partial charge in [0.15, 0.2) is 0 Å². The van der Waals surface area contributed by atoms with Crippen molar-refractivity contribution >= 4 is 33.3 Å². The molecule has 2 N–H and O–H groups in total. The third-order valence-corrected chi connectivity index (χ3v) is 4.33. The normalized spacial score (nSPS) is 14.9. The molecule has 7 heteroatoms. The van der Waals surface area contributed by atoms with Gasteiger partial charge in [-0.05, 0) is 24.3 Å². The second-order valence-electron chi connectivity index (χ2n) is 5.31. The maximum atomic E-state index is 14.1. The molecule has 0 saturated carbocycles. The number of piperazine rings is 1. The summed E-state index contributed by atoms with van der Waals surface area (Å²) in [6.07, 6.45) is 1.76. The molecule has 0 spiro atoms. The van der Waals surface area contributed by atoms with Gasteiger partial charge in [0.1, 0.15) is 11.6 Å². The van der Waals surface area contributed by atoms with Crippen LogP contribution in [0, 0.1) is 5.82 Å². The summed E-state index contributed by atoms with van der Waals surface area (Å²) in [5.41, 5.74) is 5.83. The van der Waals surface area contributed by atoms with Crippen molar-refractivity contribution in [2.75, 3.05) is 36.0 Å².